The van der Waals surface area contributed by atoms with Gasteiger partial charge in [0.2, 0.25) is 5.91 Å². The van der Waals surface area contributed by atoms with E-state index in [-0.39, 0.29) is 12.3 Å². The number of rotatable bonds is 6. The molecule has 0 bridgehead atoms. The fourth-order valence-electron chi connectivity index (χ4n) is 3.76. The molecule has 0 unspecified atom stereocenters. The fraction of sp³-hybridized carbons (Fsp3) is 0.192. The Morgan fingerprint density at radius 2 is 1.91 bits per heavy atom. The average Bonchev–Trinajstić information content (AvgIpc) is 2.87. The number of hydrogen-bond acceptors (Lipinski definition) is 6. The first kappa shape index (κ1) is 25.2. The van der Waals surface area contributed by atoms with Crippen LogP contribution in [0.5, 0.6) is 0 Å². The minimum absolute atomic E-state index is 0.169. The Morgan fingerprint density at radius 3 is 2.56 bits per heavy atom. The normalized spacial score (nSPS) is 12.0. The van der Waals surface area contributed by atoms with Gasteiger partial charge >= 0.3 is 0 Å². The first-order chi connectivity index (χ1) is 16.5. The van der Waals surface area contributed by atoms with Gasteiger partial charge in [-0.1, -0.05) is 35.9 Å². The van der Waals surface area contributed by atoms with E-state index < -0.39 is 0 Å². The van der Waals surface area contributed by atoms with Gasteiger partial charge in [0.25, 0.3) is 0 Å². The molecule has 0 aliphatic heterocycles. The van der Waals surface area contributed by atoms with E-state index in [9.17, 15) is 9.70 Å². The summed E-state index contributed by atoms with van der Waals surface area (Å²) >= 11 is 7.48. The van der Waals surface area contributed by atoms with Crippen molar-refractivity contribution < 1.29 is 4.79 Å². The predicted molar refractivity (Wildman–Crippen MR) is 141 cm³/mol. The first-order valence-electron chi connectivity index (χ1n) is 10.5. The number of fused-ring (bicyclic) bond motifs is 3. The number of anilines is 1. The van der Waals surface area contributed by atoms with Crippen molar-refractivity contribution in [1.82, 2.24) is 9.97 Å². The van der Waals surface area contributed by atoms with Gasteiger partial charge in [0, 0.05) is 15.5 Å². The molecule has 1 aliphatic rings. The lowest BCUT2D eigenvalue weighted by molar-refractivity contribution is -0.115. The lowest BCUT2D eigenvalue weighted by atomic mass is 9.91. The van der Waals surface area contributed by atoms with E-state index in [4.69, 9.17) is 21.6 Å². The number of carbonyl (C=O) groups excluding carboxylic acids is 1. The average molecular weight is 491 g/mol. The molecule has 1 aliphatic carbocycles. The van der Waals surface area contributed by atoms with Gasteiger partial charge in [0.1, 0.15) is 11.4 Å². The van der Waals surface area contributed by atoms with Gasteiger partial charge in [-0.25, -0.2) is 9.97 Å². The maximum Gasteiger partial charge on any atom is 0.230 e. The van der Waals surface area contributed by atoms with Crippen LogP contribution in [-0.4, -0.2) is 22.1 Å². The van der Waals surface area contributed by atoms with Crippen LogP contribution in [0.2, 0.25) is 5.02 Å². The number of allylic oxidation sites excluding steroid dienone is 1. The van der Waals surface area contributed by atoms with Crippen molar-refractivity contribution in [3.05, 3.63) is 81.0 Å². The smallest absolute Gasteiger partial charge is 0.230 e. The molecule has 3 aromatic rings. The topological polar surface area (TPSA) is 84.3 Å². The molecule has 2 aromatic carbocycles. The molecule has 1 amide bonds. The number of nitrogens with one attached hydrogen (secondary N) is 1. The van der Waals surface area contributed by atoms with Gasteiger partial charge in [-0.2, -0.15) is 0 Å². The zero-order valence-corrected chi connectivity index (χ0v) is 20.4. The van der Waals surface area contributed by atoms with Crippen LogP contribution in [0.15, 0.2) is 53.7 Å². The number of aromatic nitrogens is 2. The second-order valence-corrected chi connectivity index (χ2v) is 8.64. The highest BCUT2D eigenvalue weighted by Gasteiger charge is 2.24. The summed E-state index contributed by atoms with van der Waals surface area (Å²) in [5.41, 5.74) is 5.49. The van der Waals surface area contributed by atoms with Crippen LogP contribution in [0, 0.1) is 17.8 Å². The SMILES string of the molecule is C#C.C/C=C(\SC)c1nc2c(nc1NC(=O)Cc1ccc(Cl)cc1)CCc1cc(N=O)ccc1-2. The summed E-state index contributed by atoms with van der Waals surface area (Å²) in [6.07, 6.45) is 13.5. The predicted octanol–water partition coefficient (Wildman–Crippen LogP) is 6.45. The van der Waals surface area contributed by atoms with Gasteiger partial charge in [-0.3, -0.25) is 4.79 Å². The maximum absolute atomic E-state index is 12.8. The molecule has 34 heavy (non-hydrogen) atoms. The highest BCUT2D eigenvalue weighted by atomic mass is 35.5. The Kier molecular flexibility index (Phi) is 8.58. The summed E-state index contributed by atoms with van der Waals surface area (Å²) in [6.45, 7) is 1.93. The van der Waals surface area contributed by atoms with Crippen molar-refractivity contribution in [2.75, 3.05) is 11.6 Å². The van der Waals surface area contributed by atoms with Crippen molar-refractivity contribution in [1.29, 1.82) is 0 Å². The van der Waals surface area contributed by atoms with Crippen LogP contribution in [0.4, 0.5) is 11.5 Å². The number of amides is 1. The van der Waals surface area contributed by atoms with E-state index in [0.717, 1.165) is 39.4 Å². The molecule has 0 spiro atoms. The van der Waals surface area contributed by atoms with Crippen LogP contribution in [0.3, 0.4) is 0 Å². The number of aryl methyl sites for hydroxylation is 2. The quantitative estimate of drug-likeness (QED) is 0.317. The lowest BCUT2D eigenvalue weighted by Crippen LogP contribution is -2.19. The maximum atomic E-state index is 12.8. The van der Waals surface area contributed by atoms with Crippen LogP contribution >= 0.6 is 23.4 Å². The molecule has 4 rings (SSSR count). The molecular formula is C26H23ClN4O2S. The van der Waals surface area contributed by atoms with E-state index in [0.29, 0.717) is 28.6 Å². The molecule has 0 atom stereocenters. The molecule has 8 heteroatoms. The number of terminal acetylenes is 1. The molecule has 1 aromatic heterocycles. The van der Waals surface area contributed by atoms with E-state index in [1.807, 2.05) is 37.5 Å². The van der Waals surface area contributed by atoms with E-state index >= 15 is 0 Å². The van der Waals surface area contributed by atoms with Crippen LogP contribution in [-0.2, 0) is 24.1 Å². The number of benzene rings is 2. The molecule has 172 valence electrons. The van der Waals surface area contributed by atoms with Gasteiger partial charge in [0.15, 0.2) is 5.82 Å². The van der Waals surface area contributed by atoms with Crippen molar-refractivity contribution >= 4 is 45.7 Å². The molecule has 6 nitrogen and oxygen atoms in total. The lowest BCUT2D eigenvalue weighted by Gasteiger charge is -2.21. The third kappa shape index (κ3) is 5.53. The van der Waals surface area contributed by atoms with E-state index in [1.54, 1.807) is 36.0 Å². The Bertz CT molecular complexity index is 1270. The van der Waals surface area contributed by atoms with Crippen molar-refractivity contribution in [2.24, 2.45) is 5.18 Å². The molecule has 0 saturated heterocycles. The number of carbonyl (C=O) groups is 1. The molecule has 1 N–H and O–H groups in total. The van der Waals surface area contributed by atoms with Gasteiger partial charge in [-0.15, -0.1) is 29.5 Å². The number of nitroso groups, excluding NO2 is 1. The largest absolute Gasteiger partial charge is 0.309 e. The van der Waals surface area contributed by atoms with Crippen LogP contribution in [0.1, 0.15) is 29.4 Å². The van der Waals surface area contributed by atoms with Crippen LogP contribution < -0.4 is 5.32 Å². The third-order valence-electron chi connectivity index (χ3n) is 5.30. The number of nitrogens with zero attached hydrogens (tertiary/aromatic N) is 3. The molecular weight excluding hydrogens is 468 g/mol. The minimum atomic E-state index is -0.169. The molecule has 1 heterocycles. The highest BCUT2D eigenvalue weighted by Crippen LogP contribution is 2.37. The zero-order chi connectivity index (χ0) is 24.7. The van der Waals surface area contributed by atoms with Crippen molar-refractivity contribution in [2.45, 2.75) is 26.2 Å². The third-order valence-corrected chi connectivity index (χ3v) is 6.42. The summed E-state index contributed by atoms with van der Waals surface area (Å²) in [4.78, 5) is 34.4. The summed E-state index contributed by atoms with van der Waals surface area (Å²) in [5.74, 6) is 0.289. The van der Waals surface area contributed by atoms with E-state index in [2.05, 4.69) is 23.3 Å². The van der Waals surface area contributed by atoms with Crippen molar-refractivity contribution in [3.63, 3.8) is 0 Å². The second-order valence-electron chi connectivity index (χ2n) is 7.36. The summed E-state index contributed by atoms with van der Waals surface area (Å²) in [5, 5.41) is 6.63. The van der Waals surface area contributed by atoms with Crippen molar-refractivity contribution in [3.8, 4) is 24.1 Å². The Labute approximate surface area is 208 Å². The van der Waals surface area contributed by atoms with Gasteiger partial charge in [-0.05, 0) is 66.6 Å². The molecule has 0 fully saturated rings. The molecule has 0 saturated carbocycles. The summed E-state index contributed by atoms with van der Waals surface area (Å²) in [6, 6.07) is 12.6. The molecule has 0 radical (unpaired) electrons. The Morgan fingerprint density at radius 1 is 1.18 bits per heavy atom. The van der Waals surface area contributed by atoms with E-state index in [1.165, 1.54) is 0 Å². The number of halogens is 1. The standard InChI is InChI=1S/C24H21ClN4O2S.C2H2/c1-3-20(32-2)23-24(27-21(30)12-14-4-7-16(25)8-5-14)26-19-11-6-15-13-17(29-31)9-10-18(15)22(19)28-23;1-2/h3-5,7-10,13H,6,11-12H2,1-2H3,(H,26,27,30);1-2H/b20-3-;. The summed E-state index contributed by atoms with van der Waals surface area (Å²) < 4.78 is 0. The van der Waals surface area contributed by atoms with Crippen LogP contribution in [0.25, 0.3) is 16.2 Å². The van der Waals surface area contributed by atoms with Gasteiger partial charge in [0.05, 0.1) is 17.8 Å². The highest BCUT2D eigenvalue weighted by molar-refractivity contribution is 8.07. The summed E-state index contributed by atoms with van der Waals surface area (Å²) in [7, 11) is 0. The number of thioether (sulfide) groups is 1. The Hall–Kier alpha value is -3.47. The first-order valence-corrected chi connectivity index (χ1v) is 12.1. The minimum Gasteiger partial charge on any atom is -0.309 e. The Balaban J connectivity index is 0.00000158. The fourth-order valence-corrected chi connectivity index (χ4v) is 4.46. The van der Waals surface area contributed by atoms with Gasteiger partial charge < -0.3 is 5.32 Å². The monoisotopic (exact) mass is 490 g/mol. The number of hydrogen-bond donors (Lipinski definition) is 1. The zero-order valence-electron chi connectivity index (χ0n) is 18.8. The second kappa shape index (κ2) is 11.6.